The Morgan fingerprint density at radius 2 is 2.17 bits per heavy atom. The fourth-order valence-corrected chi connectivity index (χ4v) is 1.62. The second kappa shape index (κ2) is 3.53. The molecule has 0 saturated heterocycles. The van der Waals surface area contributed by atoms with Crippen molar-refractivity contribution in [2.24, 2.45) is 4.99 Å². The van der Waals surface area contributed by atoms with Gasteiger partial charge in [-0.2, -0.15) is 0 Å². The molecule has 12 heavy (non-hydrogen) atoms. The molecule has 1 nitrogen and oxygen atoms in total. The van der Waals surface area contributed by atoms with E-state index in [1.54, 1.807) is 0 Å². The van der Waals surface area contributed by atoms with Gasteiger partial charge >= 0.3 is 0 Å². The first-order valence-corrected chi connectivity index (χ1v) is 4.41. The fourth-order valence-electron chi connectivity index (χ4n) is 1.62. The topological polar surface area (TPSA) is 12.4 Å². The minimum atomic E-state index is 0.692. The van der Waals surface area contributed by atoms with Crippen LogP contribution in [0.2, 0.25) is 0 Å². The lowest BCUT2D eigenvalue weighted by molar-refractivity contribution is 0.638. The summed E-state index contributed by atoms with van der Waals surface area (Å²) in [5.74, 6) is 0.692. The number of nitrogens with zero attached hydrogens (tertiary/aromatic N) is 1. The summed E-state index contributed by atoms with van der Waals surface area (Å²) in [7, 11) is 0. The Hall–Kier alpha value is -1.11. The van der Waals surface area contributed by atoms with Gasteiger partial charge in [0.05, 0.1) is 0 Å². The van der Waals surface area contributed by atoms with E-state index in [1.165, 1.54) is 12.0 Å². The molecule has 0 N–H and O–H groups in total. The van der Waals surface area contributed by atoms with E-state index in [9.17, 15) is 0 Å². The molecule has 1 heteroatoms. The van der Waals surface area contributed by atoms with Crippen molar-refractivity contribution in [2.75, 3.05) is 6.54 Å². The third-order valence-electron chi connectivity index (χ3n) is 2.34. The summed E-state index contributed by atoms with van der Waals surface area (Å²) in [6, 6.07) is 11.3. The highest BCUT2D eigenvalue weighted by atomic mass is 14.7. The summed E-state index contributed by atoms with van der Waals surface area (Å²) in [5, 5.41) is 0. The Kier molecular flexibility index (Phi) is 2.21. The molecular weight excluding hydrogens is 146 g/mol. The van der Waals surface area contributed by atoms with Gasteiger partial charge in [-0.05, 0) is 36.6 Å². The molecule has 61 valence electrons. The largest absolute Gasteiger partial charge is 0.297 e. The van der Waals surface area contributed by atoms with Crippen LogP contribution in [-0.2, 0) is 0 Å². The van der Waals surface area contributed by atoms with Crippen LogP contribution in [0.1, 0.15) is 24.3 Å². The third-order valence-corrected chi connectivity index (χ3v) is 2.34. The molecular formula is C11H12N. The van der Waals surface area contributed by atoms with E-state index in [-0.39, 0.29) is 0 Å². The van der Waals surface area contributed by atoms with E-state index in [0.29, 0.717) is 5.92 Å². The summed E-state index contributed by atoms with van der Waals surface area (Å²) >= 11 is 0. The molecule has 1 aliphatic heterocycles. The molecule has 1 heterocycles. The molecule has 0 aromatic heterocycles. The Bertz CT molecular complexity index is 264. The van der Waals surface area contributed by atoms with Gasteiger partial charge in [0, 0.05) is 6.54 Å². The molecule has 0 amide bonds. The van der Waals surface area contributed by atoms with Gasteiger partial charge in [-0.25, -0.2) is 0 Å². The number of aliphatic imine (C=N–C) groups is 1. The molecule has 0 spiro atoms. The van der Waals surface area contributed by atoms with Crippen LogP contribution in [0.15, 0.2) is 29.3 Å². The zero-order chi connectivity index (χ0) is 8.23. The normalized spacial score (nSPS) is 22.5. The van der Waals surface area contributed by atoms with Crippen LogP contribution in [0.25, 0.3) is 0 Å². The summed E-state index contributed by atoms with van der Waals surface area (Å²) in [5.41, 5.74) is 1.43. The van der Waals surface area contributed by atoms with Crippen LogP contribution in [0, 0.1) is 6.07 Å². The molecule has 0 saturated carbocycles. The Balaban J connectivity index is 2.15. The van der Waals surface area contributed by atoms with Crippen LogP contribution >= 0.6 is 0 Å². The van der Waals surface area contributed by atoms with Crippen molar-refractivity contribution < 1.29 is 0 Å². The molecule has 0 fully saturated rings. The summed E-state index contributed by atoms with van der Waals surface area (Å²) in [6.07, 6.45) is 4.34. The highest BCUT2D eigenvalue weighted by Gasteiger charge is 2.11. The van der Waals surface area contributed by atoms with E-state index in [4.69, 9.17) is 0 Å². The first-order valence-electron chi connectivity index (χ1n) is 4.41. The molecule has 1 aromatic rings. The van der Waals surface area contributed by atoms with Crippen molar-refractivity contribution in [1.82, 2.24) is 0 Å². The van der Waals surface area contributed by atoms with Crippen molar-refractivity contribution in [2.45, 2.75) is 18.8 Å². The molecule has 2 rings (SSSR count). The number of hydrogen-bond acceptors (Lipinski definition) is 1. The maximum Gasteiger partial charge on any atom is 0.0391 e. The molecule has 1 atom stereocenters. The highest BCUT2D eigenvalue weighted by Crippen LogP contribution is 2.24. The van der Waals surface area contributed by atoms with Crippen molar-refractivity contribution in [3.8, 4) is 0 Å². The lowest BCUT2D eigenvalue weighted by atomic mass is 9.92. The van der Waals surface area contributed by atoms with Crippen LogP contribution in [0.5, 0.6) is 0 Å². The lowest BCUT2D eigenvalue weighted by Crippen LogP contribution is -2.06. The smallest absolute Gasteiger partial charge is 0.0391 e. The monoisotopic (exact) mass is 158 g/mol. The molecule has 1 aromatic carbocycles. The van der Waals surface area contributed by atoms with Gasteiger partial charge in [0.2, 0.25) is 0 Å². The SMILES string of the molecule is [c]1ccc(C2CC=NCC2)cc1. The van der Waals surface area contributed by atoms with Crippen molar-refractivity contribution in [1.29, 1.82) is 0 Å². The molecule has 0 aliphatic carbocycles. The Morgan fingerprint density at radius 1 is 1.33 bits per heavy atom. The zero-order valence-corrected chi connectivity index (χ0v) is 7.03. The Morgan fingerprint density at radius 3 is 2.83 bits per heavy atom. The average Bonchev–Trinajstić information content (AvgIpc) is 2.21. The zero-order valence-electron chi connectivity index (χ0n) is 7.03. The molecule has 1 radical (unpaired) electrons. The fraction of sp³-hybridized carbons (Fsp3) is 0.364. The van der Waals surface area contributed by atoms with Gasteiger partial charge in [-0.3, -0.25) is 4.99 Å². The standard InChI is InChI=1S/C11H12N/c1-2-4-10(5-3-1)11-6-8-12-9-7-11/h2-5,8,11H,6-7,9H2. The summed E-state index contributed by atoms with van der Waals surface area (Å²) < 4.78 is 0. The van der Waals surface area contributed by atoms with Crippen LogP contribution in [0.3, 0.4) is 0 Å². The molecule has 1 aliphatic rings. The van der Waals surface area contributed by atoms with Gasteiger partial charge in [0.15, 0.2) is 0 Å². The average molecular weight is 158 g/mol. The highest BCUT2D eigenvalue weighted by molar-refractivity contribution is 5.59. The van der Waals surface area contributed by atoms with E-state index >= 15 is 0 Å². The van der Waals surface area contributed by atoms with Gasteiger partial charge < -0.3 is 0 Å². The van der Waals surface area contributed by atoms with Crippen LogP contribution in [-0.4, -0.2) is 12.8 Å². The maximum atomic E-state index is 4.22. The molecule has 0 bridgehead atoms. The first-order chi connectivity index (χ1) is 5.97. The van der Waals surface area contributed by atoms with Gasteiger partial charge in [0.25, 0.3) is 0 Å². The quantitative estimate of drug-likeness (QED) is 0.595. The van der Waals surface area contributed by atoms with E-state index in [1.807, 2.05) is 18.3 Å². The second-order valence-electron chi connectivity index (χ2n) is 3.14. The van der Waals surface area contributed by atoms with Crippen molar-refractivity contribution in [3.63, 3.8) is 0 Å². The number of benzene rings is 1. The van der Waals surface area contributed by atoms with Crippen molar-refractivity contribution in [3.05, 3.63) is 35.9 Å². The molecule has 1 unspecified atom stereocenters. The van der Waals surface area contributed by atoms with Gasteiger partial charge in [0.1, 0.15) is 0 Å². The number of rotatable bonds is 1. The first kappa shape index (κ1) is 7.53. The minimum absolute atomic E-state index is 0.692. The summed E-state index contributed by atoms with van der Waals surface area (Å²) in [6.45, 7) is 0.989. The van der Waals surface area contributed by atoms with Gasteiger partial charge in [-0.1, -0.05) is 24.3 Å². The van der Waals surface area contributed by atoms with Gasteiger partial charge in [-0.15, -0.1) is 0 Å². The van der Waals surface area contributed by atoms with Crippen molar-refractivity contribution >= 4 is 6.21 Å². The number of hydrogen-bond donors (Lipinski definition) is 0. The van der Waals surface area contributed by atoms with E-state index < -0.39 is 0 Å². The second-order valence-corrected chi connectivity index (χ2v) is 3.14. The maximum absolute atomic E-state index is 4.22. The van der Waals surface area contributed by atoms with E-state index in [2.05, 4.69) is 23.2 Å². The Labute approximate surface area is 73.1 Å². The predicted molar refractivity (Wildman–Crippen MR) is 50.6 cm³/mol. The van der Waals surface area contributed by atoms with Crippen LogP contribution < -0.4 is 0 Å². The van der Waals surface area contributed by atoms with E-state index in [0.717, 1.165) is 13.0 Å². The lowest BCUT2D eigenvalue weighted by Gasteiger charge is -2.16. The predicted octanol–water partition coefficient (Wildman–Crippen LogP) is 2.43. The van der Waals surface area contributed by atoms with Crippen LogP contribution in [0.4, 0.5) is 0 Å². The third kappa shape index (κ3) is 1.55. The minimum Gasteiger partial charge on any atom is -0.297 e. The summed E-state index contributed by atoms with van der Waals surface area (Å²) in [4.78, 5) is 4.22.